The molecule has 0 saturated heterocycles. The van der Waals surface area contributed by atoms with Gasteiger partial charge >= 0.3 is 0 Å². The molecule has 12 heavy (non-hydrogen) atoms. The lowest BCUT2D eigenvalue weighted by Crippen LogP contribution is -1.92. The summed E-state index contributed by atoms with van der Waals surface area (Å²) in [6.07, 6.45) is 5.04. The minimum absolute atomic E-state index is 0.0163. The van der Waals surface area contributed by atoms with Gasteiger partial charge in [-0.1, -0.05) is 0 Å². The molecule has 0 unspecified atom stereocenters. The molecular weight excluding hydrogens is 222 g/mol. The van der Waals surface area contributed by atoms with E-state index in [1.807, 2.05) is 0 Å². The second-order valence-electron chi connectivity index (χ2n) is 2.35. The molecular formula is C7H6BrN3O. The molecule has 62 valence electrons. The SMILES string of the molecule is OCc1cnc2cnc(Br)cn12. The second-order valence-corrected chi connectivity index (χ2v) is 3.16. The van der Waals surface area contributed by atoms with Crippen LogP contribution < -0.4 is 0 Å². The van der Waals surface area contributed by atoms with Crippen molar-refractivity contribution in [1.29, 1.82) is 0 Å². The van der Waals surface area contributed by atoms with Crippen molar-refractivity contribution >= 4 is 21.6 Å². The molecule has 0 aliphatic heterocycles. The second kappa shape index (κ2) is 2.84. The standard InChI is InChI=1S/C7H6BrN3O/c8-6-3-11-5(4-12)1-10-7(11)2-9-6/h1-3,12H,4H2. The molecule has 2 aromatic rings. The van der Waals surface area contributed by atoms with Crippen LogP contribution in [0.5, 0.6) is 0 Å². The number of hydrogen-bond donors (Lipinski definition) is 1. The first kappa shape index (κ1) is 7.70. The van der Waals surface area contributed by atoms with E-state index in [-0.39, 0.29) is 6.61 Å². The number of aliphatic hydroxyl groups is 1. The summed E-state index contributed by atoms with van der Waals surface area (Å²) >= 11 is 3.24. The van der Waals surface area contributed by atoms with Gasteiger partial charge in [-0.15, -0.1) is 0 Å². The first-order chi connectivity index (χ1) is 5.81. The summed E-state index contributed by atoms with van der Waals surface area (Å²) in [5, 5.41) is 8.92. The van der Waals surface area contributed by atoms with E-state index >= 15 is 0 Å². The Morgan fingerprint density at radius 2 is 2.25 bits per heavy atom. The number of nitrogens with zero attached hydrogens (tertiary/aromatic N) is 3. The van der Waals surface area contributed by atoms with Gasteiger partial charge in [0.15, 0.2) is 5.65 Å². The number of fused-ring (bicyclic) bond motifs is 1. The number of rotatable bonds is 1. The molecule has 2 heterocycles. The van der Waals surface area contributed by atoms with Gasteiger partial charge in [-0.2, -0.15) is 0 Å². The van der Waals surface area contributed by atoms with Gasteiger partial charge < -0.3 is 5.11 Å². The topological polar surface area (TPSA) is 50.4 Å². The molecule has 2 aromatic heterocycles. The minimum Gasteiger partial charge on any atom is -0.390 e. The summed E-state index contributed by atoms with van der Waals surface area (Å²) in [5.74, 6) is 0. The summed E-state index contributed by atoms with van der Waals surface area (Å²) in [4.78, 5) is 8.06. The molecule has 0 aliphatic carbocycles. The number of aliphatic hydroxyl groups excluding tert-OH is 1. The quantitative estimate of drug-likeness (QED) is 0.791. The highest BCUT2D eigenvalue weighted by Crippen LogP contribution is 2.10. The summed E-state index contributed by atoms with van der Waals surface area (Å²) < 4.78 is 2.51. The van der Waals surface area contributed by atoms with Crippen LogP contribution in [0.15, 0.2) is 23.2 Å². The molecule has 1 N–H and O–H groups in total. The number of hydrogen-bond acceptors (Lipinski definition) is 3. The Kier molecular flexibility index (Phi) is 1.82. The zero-order chi connectivity index (χ0) is 8.55. The van der Waals surface area contributed by atoms with Crippen molar-refractivity contribution in [2.45, 2.75) is 6.61 Å². The van der Waals surface area contributed by atoms with E-state index in [1.54, 1.807) is 23.0 Å². The summed E-state index contributed by atoms with van der Waals surface area (Å²) in [6.45, 7) is -0.0163. The average molecular weight is 228 g/mol. The lowest BCUT2D eigenvalue weighted by atomic mass is 10.5. The van der Waals surface area contributed by atoms with Crippen LogP contribution in [0.2, 0.25) is 0 Å². The van der Waals surface area contributed by atoms with Crippen molar-refractivity contribution in [3.8, 4) is 0 Å². The van der Waals surface area contributed by atoms with E-state index in [1.165, 1.54) is 0 Å². The maximum atomic E-state index is 8.92. The van der Waals surface area contributed by atoms with Crippen molar-refractivity contribution in [2.75, 3.05) is 0 Å². The van der Waals surface area contributed by atoms with Crippen LogP contribution in [0.1, 0.15) is 5.69 Å². The zero-order valence-electron chi connectivity index (χ0n) is 6.11. The van der Waals surface area contributed by atoms with Crippen LogP contribution in [0, 0.1) is 0 Å². The van der Waals surface area contributed by atoms with Gasteiger partial charge in [-0.3, -0.25) is 4.40 Å². The van der Waals surface area contributed by atoms with Crippen molar-refractivity contribution < 1.29 is 5.11 Å². The van der Waals surface area contributed by atoms with E-state index < -0.39 is 0 Å². The summed E-state index contributed by atoms with van der Waals surface area (Å²) in [7, 11) is 0. The molecule has 0 bridgehead atoms. The molecule has 0 atom stereocenters. The number of halogens is 1. The van der Waals surface area contributed by atoms with Crippen LogP contribution >= 0.6 is 15.9 Å². The zero-order valence-corrected chi connectivity index (χ0v) is 7.69. The third-order valence-electron chi connectivity index (χ3n) is 1.60. The Bertz CT molecular complexity index is 412. The monoisotopic (exact) mass is 227 g/mol. The highest BCUT2D eigenvalue weighted by Gasteiger charge is 2.01. The molecule has 5 heteroatoms. The van der Waals surface area contributed by atoms with Gasteiger partial charge in [-0.05, 0) is 15.9 Å². The van der Waals surface area contributed by atoms with Gasteiger partial charge in [0.1, 0.15) is 4.60 Å². The van der Waals surface area contributed by atoms with Gasteiger partial charge in [-0.25, -0.2) is 9.97 Å². The highest BCUT2D eigenvalue weighted by atomic mass is 79.9. The van der Waals surface area contributed by atoms with Crippen LogP contribution in [-0.4, -0.2) is 19.5 Å². The van der Waals surface area contributed by atoms with Gasteiger partial charge in [0, 0.05) is 6.20 Å². The molecule has 0 spiro atoms. The third kappa shape index (κ3) is 1.11. The third-order valence-corrected chi connectivity index (χ3v) is 2.01. The van der Waals surface area contributed by atoms with Crippen LogP contribution in [0.4, 0.5) is 0 Å². The van der Waals surface area contributed by atoms with Gasteiger partial charge in [0.2, 0.25) is 0 Å². The number of imidazole rings is 1. The molecule has 0 amide bonds. The highest BCUT2D eigenvalue weighted by molar-refractivity contribution is 9.10. The maximum absolute atomic E-state index is 8.92. The molecule has 0 radical (unpaired) electrons. The maximum Gasteiger partial charge on any atom is 0.155 e. The molecule has 4 nitrogen and oxygen atoms in total. The van der Waals surface area contributed by atoms with Gasteiger partial charge in [0.25, 0.3) is 0 Å². The number of aromatic nitrogens is 3. The fourth-order valence-electron chi connectivity index (χ4n) is 1.03. The molecule has 0 aromatic carbocycles. The van der Waals surface area contributed by atoms with E-state index in [0.29, 0.717) is 0 Å². The minimum atomic E-state index is -0.0163. The smallest absolute Gasteiger partial charge is 0.155 e. The van der Waals surface area contributed by atoms with E-state index in [9.17, 15) is 0 Å². The van der Waals surface area contributed by atoms with E-state index in [0.717, 1.165) is 15.9 Å². The van der Waals surface area contributed by atoms with Crippen LogP contribution in [0.3, 0.4) is 0 Å². The van der Waals surface area contributed by atoms with Gasteiger partial charge in [0.05, 0.1) is 24.7 Å². The molecule has 2 rings (SSSR count). The van der Waals surface area contributed by atoms with Crippen LogP contribution in [-0.2, 0) is 6.61 Å². The Balaban J connectivity index is 2.75. The first-order valence-electron chi connectivity index (χ1n) is 3.39. The fraction of sp³-hybridized carbons (Fsp3) is 0.143. The normalized spacial score (nSPS) is 10.8. The van der Waals surface area contributed by atoms with E-state index in [2.05, 4.69) is 25.9 Å². The van der Waals surface area contributed by atoms with Crippen molar-refractivity contribution in [2.24, 2.45) is 0 Å². The Morgan fingerprint density at radius 3 is 3.00 bits per heavy atom. The lowest BCUT2D eigenvalue weighted by molar-refractivity contribution is 0.276. The Labute approximate surface area is 77.0 Å². The fourth-order valence-corrected chi connectivity index (χ4v) is 1.34. The van der Waals surface area contributed by atoms with Crippen molar-refractivity contribution in [3.05, 3.63) is 28.9 Å². The molecule has 0 saturated carbocycles. The predicted octanol–water partition coefficient (Wildman–Crippen LogP) is 0.984. The van der Waals surface area contributed by atoms with Crippen molar-refractivity contribution in [3.63, 3.8) is 0 Å². The predicted molar refractivity (Wildman–Crippen MR) is 46.6 cm³/mol. The van der Waals surface area contributed by atoms with Crippen molar-refractivity contribution in [1.82, 2.24) is 14.4 Å². The Morgan fingerprint density at radius 1 is 1.42 bits per heavy atom. The lowest BCUT2D eigenvalue weighted by Gasteiger charge is -1.96. The average Bonchev–Trinajstić information content (AvgIpc) is 2.46. The van der Waals surface area contributed by atoms with Crippen LogP contribution in [0.25, 0.3) is 5.65 Å². The summed E-state index contributed by atoms with van der Waals surface area (Å²) in [6, 6.07) is 0. The Hall–Kier alpha value is -0.940. The molecule has 0 fully saturated rings. The summed E-state index contributed by atoms with van der Waals surface area (Å²) in [5.41, 5.74) is 1.50. The molecule has 0 aliphatic rings. The largest absolute Gasteiger partial charge is 0.390 e. The first-order valence-corrected chi connectivity index (χ1v) is 4.19. The van der Waals surface area contributed by atoms with E-state index in [4.69, 9.17) is 5.11 Å².